The molecular formula is C13H14BrN5S. The summed E-state index contributed by atoms with van der Waals surface area (Å²) in [5, 5.41) is 8.54. The summed E-state index contributed by atoms with van der Waals surface area (Å²) in [5.41, 5.74) is 1.25. The highest BCUT2D eigenvalue weighted by atomic mass is 79.9. The normalized spacial score (nSPS) is 11.2. The lowest BCUT2D eigenvalue weighted by atomic mass is 10.2. The molecule has 0 spiro atoms. The minimum absolute atomic E-state index is 0.562. The van der Waals surface area contributed by atoms with Crippen molar-refractivity contribution >= 4 is 43.3 Å². The smallest absolute Gasteiger partial charge is 0.153 e. The lowest BCUT2D eigenvalue weighted by Gasteiger charge is -2.06. The first-order valence-electron chi connectivity index (χ1n) is 6.21. The van der Waals surface area contributed by atoms with E-state index in [1.807, 2.05) is 17.9 Å². The Bertz CT molecular complexity index is 777. The standard InChI is InChI=1S/C13H14BrN5S/c1-7-8(2)20-13-11(7)12(15-3)17-10(18-13)6-19-5-9(14)4-16-19/h4-5H,6H2,1-3H3,(H,15,17,18). The van der Waals surface area contributed by atoms with Gasteiger partial charge < -0.3 is 5.32 Å². The van der Waals surface area contributed by atoms with Crippen molar-refractivity contribution in [3.8, 4) is 0 Å². The molecule has 3 aromatic heterocycles. The average molecular weight is 352 g/mol. The van der Waals surface area contributed by atoms with Gasteiger partial charge in [0.15, 0.2) is 5.82 Å². The van der Waals surface area contributed by atoms with Gasteiger partial charge in [-0.25, -0.2) is 9.97 Å². The van der Waals surface area contributed by atoms with Gasteiger partial charge in [0.05, 0.1) is 16.1 Å². The molecule has 0 fully saturated rings. The van der Waals surface area contributed by atoms with Crippen LogP contribution in [0.5, 0.6) is 0 Å². The van der Waals surface area contributed by atoms with Gasteiger partial charge in [0.2, 0.25) is 0 Å². The number of aryl methyl sites for hydroxylation is 2. The number of fused-ring (bicyclic) bond motifs is 1. The molecule has 0 unspecified atom stereocenters. The van der Waals surface area contributed by atoms with Gasteiger partial charge in [-0.1, -0.05) is 0 Å². The first-order chi connectivity index (χ1) is 9.58. The zero-order valence-corrected chi connectivity index (χ0v) is 13.8. The highest BCUT2D eigenvalue weighted by molar-refractivity contribution is 9.10. The summed E-state index contributed by atoms with van der Waals surface area (Å²) >= 11 is 5.10. The Kier molecular flexibility index (Phi) is 3.47. The van der Waals surface area contributed by atoms with E-state index in [4.69, 9.17) is 0 Å². The Hall–Kier alpha value is -1.47. The number of anilines is 1. The number of nitrogens with one attached hydrogen (secondary N) is 1. The number of hydrogen-bond acceptors (Lipinski definition) is 5. The topological polar surface area (TPSA) is 55.6 Å². The zero-order chi connectivity index (χ0) is 14.3. The summed E-state index contributed by atoms with van der Waals surface area (Å²) in [7, 11) is 1.89. The second-order valence-electron chi connectivity index (χ2n) is 4.56. The summed E-state index contributed by atoms with van der Waals surface area (Å²) in [5.74, 6) is 1.65. The Balaban J connectivity index is 2.08. The van der Waals surface area contributed by atoms with Gasteiger partial charge in [0.25, 0.3) is 0 Å². The van der Waals surface area contributed by atoms with Gasteiger partial charge >= 0.3 is 0 Å². The van der Waals surface area contributed by atoms with Crippen LogP contribution in [0.25, 0.3) is 10.2 Å². The van der Waals surface area contributed by atoms with E-state index in [1.165, 1.54) is 10.4 Å². The van der Waals surface area contributed by atoms with E-state index in [2.05, 4.69) is 50.2 Å². The van der Waals surface area contributed by atoms with E-state index in [9.17, 15) is 0 Å². The van der Waals surface area contributed by atoms with Crippen LogP contribution in [0.15, 0.2) is 16.9 Å². The molecular weight excluding hydrogens is 338 g/mol. The van der Waals surface area contributed by atoms with Crippen molar-refractivity contribution in [3.05, 3.63) is 33.1 Å². The quantitative estimate of drug-likeness (QED) is 0.785. The van der Waals surface area contributed by atoms with Crippen LogP contribution in [0.2, 0.25) is 0 Å². The van der Waals surface area contributed by atoms with Crippen LogP contribution >= 0.6 is 27.3 Å². The minimum atomic E-state index is 0.562. The SMILES string of the molecule is CNc1nc(Cn2cc(Br)cn2)nc2sc(C)c(C)c12. The van der Waals surface area contributed by atoms with Crippen molar-refractivity contribution in [1.29, 1.82) is 0 Å². The van der Waals surface area contributed by atoms with Crippen molar-refractivity contribution in [3.63, 3.8) is 0 Å². The van der Waals surface area contributed by atoms with E-state index in [0.29, 0.717) is 6.54 Å². The van der Waals surface area contributed by atoms with E-state index >= 15 is 0 Å². The molecule has 0 saturated carbocycles. The molecule has 3 rings (SSSR count). The molecule has 0 aromatic carbocycles. The Morgan fingerprint density at radius 1 is 1.35 bits per heavy atom. The summed E-state index contributed by atoms with van der Waals surface area (Å²) in [6, 6.07) is 0. The van der Waals surface area contributed by atoms with Crippen LogP contribution in [0, 0.1) is 13.8 Å². The molecule has 0 radical (unpaired) electrons. The van der Waals surface area contributed by atoms with Crippen molar-refractivity contribution < 1.29 is 0 Å². The molecule has 5 nitrogen and oxygen atoms in total. The average Bonchev–Trinajstić information content (AvgIpc) is 2.94. The van der Waals surface area contributed by atoms with Gasteiger partial charge in [-0.15, -0.1) is 11.3 Å². The van der Waals surface area contributed by atoms with Gasteiger partial charge in [0, 0.05) is 18.1 Å². The molecule has 7 heteroatoms. The van der Waals surface area contributed by atoms with Crippen LogP contribution in [-0.4, -0.2) is 26.8 Å². The lowest BCUT2D eigenvalue weighted by molar-refractivity contribution is 0.658. The fourth-order valence-electron chi connectivity index (χ4n) is 2.12. The molecule has 3 heterocycles. The van der Waals surface area contributed by atoms with Crippen LogP contribution in [0.4, 0.5) is 5.82 Å². The molecule has 0 saturated heterocycles. The second kappa shape index (κ2) is 5.14. The van der Waals surface area contributed by atoms with Crippen molar-refractivity contribution in [2.45, 2.75) is 20.4 Å². The monoisotopic (exact) mass is 351 g/mol. The Morgan fingerprint density at radius 3 is 2.80 bits per heavy atom. The van der Waals surface area contributed by atoms with Gasteiger partial charge in [-0.3, -0.25) is 4.68 Å². The maximum atomic E-state index is 4.66. The predicted molar refractivity (Wildman–Crippen MR) is 85.5 cm³/mol. The van der Waals surface area contributed by atoms with Gasteiger partial charge in [-0.05, 0) is 35.3 Å². The molecule has 0 bridgehead atoms. The highest BCUT2D eigenvalue weighted by Gasteiger charge is 2.14. The van der Waals surface area contributed by atoms with E-state index in [1.54, 1.807) is 17.5 Å². The number of aromatic nitrogens is 4. The lowest BCUT2D eigenvalue weighted by Crippen LogP contribution is -2.06. The number of hydrogen-bond donors (Lipinski definition) is 1. The Morgan fingerprint density at radius 2 is 2.15 bits per heavy atom. The van der Waals surface area contributed by atoms with Crippen molar-refractivity contribution in [2.75, 3.05) is 12.4 Å². The van der Waals surface area contributed by atoms with Crippen LogP contribution < -0.4 is 5.32 Å². The summed E-state index contributed by atoms with van der Waals surface area (Å²) < 4.78 is 2.77. The molecule has 0 aliphatic rings. The largest absolute Gasteiger partial charge is 0.372 e. The van der Waals surface area contributed by atoms with Crippen molar-refractivity contribution in [1.82, 2.24) is 19.7 Å². The molecule has 3 aromatic rings. The van der Waals surface area contributed by atoms with Crippen LogP contribution in [0.3, 0.4) is 0 Å². The predicted octanol–water partition coefficient (Wildman–Crippen LogP) is 3.36. The Labute approximate surface area is 129 Å². The first-order valence-corrected chi connectivity index (χ1v) is 7.81. The van der Waals surface area contributed by atoms with Crippen LogP contribution in [0.1, 0.15) is 16.3 Å². The van der Waals surface area contributed by atoms with Gasteiger partial charge in [0.1, 0.15) is 17.2 Å². The third-order valence-corrected chi connectivity index (χ3v) is 4.73. The maximum absolute atomic E-state index is 4.66. The maximum Gasteiger partial charge on any atom is 0.153 e. The highest BCUT2D eigenvalue weighted by Crippen LogP contribution is 2.33. The molecule has 0 atom stereocenters. The molecule has 0 amide bonds. The molecule has 0 aliphatic carbocycles. The number of thiophene rings is 1. The molecule has 1 N–H and O–H groups in total. The van der Waals surface area contributed by atoms with Gasteiger partial charge in [-0.2, -0.15) is 5.10 Å². The number of rotatable bonds is 3. The molecule has 20 heavy (non-hydrogen) atoms. The minimum Gasteiger partial charge on any atom is -0.372 e. The van der Waals surface area contributed by atoms with Crippen molar-refractivity contribution in [2.24, 2.45) is 0 Å². The summed E-state index contributed by atoms with van der Waals surface area (Å²) in [4.78, 5) is 11.6. The van der Waals surface area contributed by atoms with E-state index < -0.39 is 0 Å². The number of halogens is 1. The molecule has 0 aliphatic heterocycles. The fraction of sp³-hybridized carbons (Fsp3) is 0.308. The third-order valence-electron chi connectivity index (χ3n) is 3.22. The zero-order valence-electron chi connectivity index (χ0n) is 11.4. The fourth-order valence-corrected chi connectivity index (χ4v) is 3.49. The summed E-state index contributed by atoms with van der Waals surface area (Å²) in [6.45, 7) is 4.79. The first kappa shape index (κ1) is 13.5. The molecule has 104 valence electrons. The van der Waals surface area contributed by atoms with E-state index in [-0.39, 0.29) is 0 Å². The second-order valence-corrected chi connectivity index (χ2v) is 6.68. The number of nitrogens with zero attached hydrogens (tertiary/aromatic N) is 4. The third kappa shape index (κ3) is 2.31. The van der Waals surface area contributed by atoms with E-state index in [0.717, 1.165) is 26.3 Å². The summed E-state index contributed by atoms with van der Waals surface area (Å²) in [6.07, 6.45) is 3.68. The van der Waals surface area contributed by atoms with Crippen LogP contribution in [-0.2, 0) is 6.54 Å².